The molecule has 1 amide bonds. The van der Waals surface area contributed by atoms with Crippen LogP contribution in [0, 0.1) is 0 Å². The Morgan fingerprint density at radius 2 is 0.702 bits per heavy atom. The molecular weight excluding hydrogens is 1170 g/mol. The molecule has 0 aromatic carbocycles. The number of allylic oxidation sites excluding steroid dienone is 5. The summed E-state index contributed by atoms with van der Waals surface area (Å²) in [4.78, 5) is 25.2. The predicted octanol–water partition coefficient (Wildman–Crippen LogP) is 22.5. The molecule has 7 atom stereocenters. The Bertz CT molecular complexity index is 1660. The third-order valence-corrected chi connectivity index (χ3v) is 19.7. The van der Waals surface area contributed by atoms with E-state index in [1.807, 2.05) is 6.08 Å². The van der Waals surface area contributed by atoms with E-state index in [4.69, 9.17) is 14.2 Å². The Hall–Kier alpha value is -2.12. The Morgan fingerprint density at radius 1 is 0.394 bits per heavy atom. The van der Waals surface area contributed by atoms with Crippen LogP contribution in [0.15, 0.2) is 36.5 Å². The van der Waals surface area contributed by atoms with Gasteiger partial charge in [-0.1, -0.05) is 391 Å². The fourth-order valence-electron chi connectivity index (χ4n) is 13.4. The van der Waals surface area contributed by atoms with E-state index in [-0.39, 0.29) is 18.5 Å². The minimum absolute atomic E-state index is 0.0229. The molecule has 11 nitrogen and oxygen atoms in total. The van der Waals surface area contributed by atoms with Crippen molar-refractivity contribution >= 4 is 11.9 Å². The Kier molecular flexibility index (Phi) is 69.0. The van der Waals surface area contributed by atoms with Gasteiger partial charge in [0.15, 0.2) is 6.29 Å². The number of rotatable bonds is 74. The number of ether oxygens (including phenoxy) is 3. The lowest BCUT2D eigenvalue weighted by atomic mass is 9.99. The summed E-state index contributed by atoms with van der Waals surface area (Å²) >= 11 is 0. The quantitative estimate of drug-likeness (QED) is 0.0195. The molecule has 0 aliphatic carbocycles. The van der Waals surface area contributed by atoms with Gasteiger partial charge in [-0.3, -0.25) is 9.59 Å². The lowest BCUT2D eigenvalue weighted by molar-refractivity contribution is -0.302. The second kappa shape index (κ2) is 72.1. The minimum atomic E-state index is -1.58. The van der Waals surface area contributed by atoms with Gasteiger partial charge in [-0.2, -0.15) is 0 Å². The standard InChI is InChI=1S/C83H157NO10/c1-3-5-7-9-11-13-15-16-17-41-45-48-51-55-59-63-67-71-79(88)92-72-68-64-60-56-52-49-46-43-40-38-36-34-32-30-28-26-24-22-20-18-19-21-23-25-27-29-31-33-35-37-39-42-44-47-50-54-58-62-66-70-78(87)84-75(74-93-83-82(91)81(90)80(89)77(73-85)94-83)76(86)69-65-61-57-53-14-12-10-8-6-4-2/h6,8,14,53,65,69,75-77,80-83,85-86,89-91H,3-5,7,9-13,15-52,54-64,66-68,70-74H2,1-2H3,(H,84,87)/b8-6+,53-14+,69-65+. The molecule has 554 valence electrons. The van der Waals surface area contributed by atoms with Crippen LogP contribution in [0.2, 0.25) is 0 Å². The van der Waals surface area contributed by atoms with E-state index in [1.165, 1.54) is 327 Å². The van der Waals surface area contributed by atoms with Crippen molar-refractivity contribution in [2.45, 2.75) is 461 Å². The van der Waals surface area contributed by atoms with E-state index in [1.54, 1.807) is 6.08 Å². The summed E-state index contributed by atoms with van der Waals surface area (Å²) in [5.41, 5.74) is 0. The van der Waals surface area contributed by atoms with Crippen LogP contribution in [-0.4, -0.2) is 100 Å². The van der Waals surface area contributed by atoms with Crippen LogP contribution in [0.4, 0.5) is 0 Å². The molecule has 1 aliphatic heterocycles. The summed E-state index contributed by atoms with van der Waals surface area (Å²) in [6.07, 6.45) is 85.1. The van der Waals surface area contributed by atoms with Crippen molar-refractivity contribution in [1.82, 2.24) is 5.32 Å². The topological polar surface area (TPSA) is 175 Å². The molecule has 1 saturated heterocycles. The number of hydrogen-bond acceptors (Lipinski definition) is 10. The molecule has 6 N–H and O–H groups in total. The van der Waals surface area contributed by atoms with Gasteiger partial charge in [-0.25, -0.2) is 0 Å². The highest BCUT2D eigenvalue weighted by molar-refractivity contribution is 5.76. The maximum atomic E-state index is 13.0. The highest BCUT2D eigenvalue weighted by atomic mass is 16.7. The molecule has 0 aromatic rings. The van der Waals surface area contributed by atoms with Gasteiger partial charge in [0.2, 0.25) is 5.91 Å². The number of aliphatic hydroxyl groups is 5. The third-order valence-electron chi connectivity index (χ3n) is 19.7. The first kappa shape index (κ1) is 89.9. The van der Waals surface area contributed by atoms with E-state index in [9.17, 15) is 35.1 Å². The van der Waals surface area contributed by atoms with Gasteiger partial charge < -0.3 is 45.1 Å². The number of carbonyl (C=O) groups is 2. The number of nitrogens with one attached hydrogen (secondary N) is 1. The second-order valence-corrected chi connectivity index (χ2v) is 28.8. The molecule has 94 heavy (non-hydrogen) atoms. The lowest BCUT2D eigenvalue weighted by Crippen LogP contribution is -2.60. The van der Waals surface area contributed by atoms with Crippen molar-refractivity contribution in [2.24, 2.45) is 0 Å². The Morgan fingerprint density at radius 3 is 1.04 bits per heavy atom. The zero-order chi connectivity index (χ0) is 67.9. The van der Waals surface area contributed by atoms with Crippen LogP contribution < -0.4 is 5.32 Å². The summed E-state index contributed by atoms with van der Waals surface area (Å²) in [5, 5.41) is 54.4. The van der Waals surface area contributed by atoms with E-state index in [0.717, 1.165) is 64.2 Å². The van der Waals surface area contributed by atoms with Gasteiger partial charge >= 0.3 is 5.97 Å². The monoisotopic (exact) mass is 1330 g/mol. The first-order valence-electron chi connectivity index (χ1n) is 41.3. The number of carbonyl (C=O) groups excluding carboxylic acids is 2. The predicted molar refractivity (Wildman–Crippen MR) is 398 cm³/mol. The molecule has 0 aromatic heterocycles. The normalized spacial score (nSPS) is 17.5. The van der Waals surface area contributed by atoms with Crippen LogP contribution in [0.1, 0.15) is 418 Å². The summed E-state index contributed by atoms with van der Waals surface area (Å²) in [6, 6.07) is -0.829. The van der Waals surface area contributed by atoms with Gasteiger partial charge in [0, 0.05) is 12.8 Å². The number of aliphatic hydroxyl groups excluding tert-OH is 5. The average molecular weight is 1330 g/mol. The zero-order valence-electron chi connectivity index (χ0n) is 62.0. The fourth-order valence-corrected chi connectivity index (χ4v) is 13.4. The largest absolute Gasteiger partial charge is 0.466 e. The van der Waals surface area contributed by atoms with Crippen LogP contribution in [0.3, 0.4) is 0 Å². The first-order valence-corrected chi connectivity index (χ1v) is 41.3. The van der Waals surface area contributed by atoms with Crippen molar-refractivity contribution < 1.29 is 49.3 Å². The SMILES string of the molecule is CC/C=C/CC/C=C/CC/C=C/C(O)C(COC1OC(CO)C(O)C(O)C1O)NC(=O)CCCCCCCCCCCCCCCCCCCCCCCCCCCCCCCCCCCCCCCCCOC(=O)CCCCCCCCCCCCCCCCCCC. The molecule has 1 heterocycles. The molecule has 7 unspecified atom stereocenters. The van der Waals surface area contributed by atoms with Crippen molar-refractivity contribution in [1.29, 1.82) is 0 Å². The zero-order valence-corrected chi connectivity index (χ0v) is 62.0. The molecule has 0 spiro atoms. The molecule has 1 fully saturated rings. The average Bonchev–Trinajstić information content (AvgIpc) is 0.904. The fraction of sp³-hybridized carbons (Fsp3) is 0.904. The number of amides is 1. The smallest absolute Gasteiger partial charge is 0.305 e. The first-order chi connectivity index (χ1) is 46.2. The Labute approximate surface area is 581 Å². The number of esters is 1. The van der Waals surface area contributed by atoms with Crippen LogP contribution >= 0.6 is 0 Å². The molecule has 0 bridgehead atoms. The third kappa shape index (κ3) is 59.9. The maximum absolute atomic E-state index is 13.0. The van der Waals surface area contributed by atoms with E-state index in [2.05, 4.69) is 43.5 Å². The van der Waals surface area contributed by atoms with Gasteiger partial charge in [-0.15, -0.1) is 0 Å². The number of hydrogen-bond donors (Lipinski definition) is 6. The van der Waals surface area contributed by atoms with Crippen molar-refractivity contribution in [3.63, 3.8) is 0 Å². The van der Waals surface area contributed by atoms with E-state index in [0.29, 0.717) is 19.4 Å². The summed E-state index contributed by atoms with van der Waals surface area (Å²) in [5.74, 6) is -0.168. The second-order valence-electron chi connectivity index (χ2n) is 28.8. The maximum Gasteiger partial charge on any atom is 0.305 e. The Balaban J connectivity index is 1.83. The van der Waals surface area contributed by atoms with E-state index < -0.39 is 49.5 Å². The summed E-state index contributed by atoms with van der Waals surface area (Å²) in [6.45, 7) is 4.26. The van der Waals surface area contributed by atoms with Gasteiger partial charge in [-0.05, 0) is 51.4 Å². The van der Waals surface area contributed by atoms with Gasteiger partial charge in [0.05, 0.1) is 32.0 Å². The van der Waals surface area contributed by atoms with Crippen molar-refractivity contribution in [3.8, 4) is 0 Å². The summed E-state index contributed by atoms with van der Waals surface area (Å²) < 4.78 is 16.7. The van der Waals surface area contributed by atoms with Crippen LogP contribution in [-0.2, 0) is 23.8 Å². The number of unbranched alkanes of at least 4 members (excludes halogenated alkanes) is 56. The molecule has 0 saturated carbocycles. The minimum Gasteiger partial charge on any atom is -0.466 e. The molecule has 1 rings (SSSR count). The molecule has 1 aliphatic rings. The van der Waals surface area contributed by atoms with Gasteiger partial charge in [0.25, 0.3) is 0 Å². The van der Waals surface area contributed by atoms with Crippen molar-refractivity contribution in [2.75, 3.05) is 19.8 Å². The van der Waals surface area contributed by atoms with Crippen molar-refractivity contribution in [3.05, 3.63) is 36.5 Å². The molecule has 11 heteroatoms. The highest BCUT2D eigenvalue weighted by Gasteiger charge is 2.44. The molecule has 0 radical (unpaired) electrons. The summed E-state index contributed by atoms with van der Waals surface area (Å²) in [7, 11) is 0. The molecular formula is C83H157NO10. The van der Waals surface area contributed by atoms with Crippen LogP contribution in [0.5, 0.6) is 0 Å². The van der Waals surface area contributed by atoms with Gasteiger partial charge in [0.1, 0.15) is 24.4 Å². The highest BCUT2D eigenvalue weighted by Crippen LogP contribution is 2.24. The van der Waals surface area contributed by atoms with E-state index >= 15 is 0 Å². The van der Waals surface area contributed by atoms with Crippen LogP contribution in [0.25, 0.3) is 0 Å². The lowest BCUT2D eigenvalue weighted by Gasteiger charge is -2.40.